The molecule has 0 N–H and O–H groups in total. The van der Waals surface area contributed by atoms with Gasteiger partial charge in [0.1, 0.15) is 5.41 Å². The third-order valence-electron chi connectivity index (χ3n) is 10.1. The maximum absolute atomic E-state index is 7.74. The fourth-order valence-corrected chi connectivity index (χ4v) is 8.17. The van der Waals surface area contributed by atoms with E-state index in [1.165, 1.54) is 0 Å². The standard InChI is InChI=1S/C41H42O5/c1-37(33-23-13-7-14-24-33,34-25-15-8-16-26-34)39(36-29-19-10-20-30-36)40(42-2,43-3)38(35-27-17-9-18-28-35,41(44-4,45-5)46-39)31-32-21-11-6-12-22-32/h6-30H,31H2,1-5H3. The highest BCUT2D eigenvalue weighted by molar-refractivity contribution is 5.53. The predicted molar refractivity (Wildman–Crippen MR) is 180 cm³/mol. The number of hydrogen-bond donors (Lipinski definition) is 0. The van der Waals surface area contributed by atoms with E-state index in [1.54, 1.807) is 28.4 Å². The topological polar surface area (TPSA) is 46.2 Å². The van der Waals surface area contributed by atoms with Crippen LogP contribution in [0.5, 0.6) is 0 Å². The molecule has 0 saturated carbocycles. The molecule has 5 aromatic rings. The van der Waals surface area contributed by atoms with Crippen molar-refractivity contribution in [1.29, 1.82) is 0 Å². The van der Waals surface area contributed by atoms with Crippen LogP contribution in [0, 0.1) is 0 Å². The van der Waals surface area contributed by atoms with Gasteiger partial charge in [-0.3, -0.25) is 0 Å². The van der Waals surface area contributed by atoms with Gasteiger partial charge in [-0.15, -0.1) is 0 Å². The maximum Gasteiger partial charge on any atom is 0.299 e. The molecule has 0 aromatic heterocycles. The van der Waals surface area contributed by atoms with Gasteiger partial charge in [0.05, 0.1) is 5.41 Å². The Morgan fingerprint density at radius 2 is 0.891 bits per heavy atom. The lowest BCUT2D eigenvalue weighted by Crippen LogP contribution is -2.70. The summed E-state index contributed by atoms with van der Waals surface area (Å²) in [6.45, 7) is 2.21. The predicted octanol–water partition coefficient (Wildman–Crippen LogP) is 8.03. The molecule has 5 heteroatoms. The molecular formula is C41H42O5. The molecule has 0 aliphatic carbocycles. The minimum absolute atomic E-state index is 0.398. The lowest BCUT2D eigenvalue weighted by Gasteiger charge is -2.56. The molecule has 5 aromatic carbocycles. The van der Waals surface area contributed by atoms with Gasteiger partial charge in [-0.1, -0.05) is 152 Å². The molecule has 1 heterocycles. The summed E-state index contributed by atoms with van der Waals surface area (Å²) in [5, 5.41) is 0. The molecule has 1 aliphatic heterocycles. The average molecular weight is 615 g/mol. The molecule has 2 atom stereocenters. The van der Waals surface area contributed by atoms with Crippen molar-refractivity contribution in [3.05, 3.63) is 179 Å². The third kappa shape index (κ3) is 4.27. The zero-order valence-electron chi connectivity index (χ0n) is 27.2. The fourth-order valence-electron chi connectivity index (χ4n) is 8.17. The van der Waals surface area contributed by atoms with Crippen molar-refractivity contribution in [1.82, 2.24) is 0 Å². The van der Waals surface area contributed by atoms with E-state index in [9.17, 15) is 0 Å². The second kappa shape index (κ2) is 12.6. The van der Waals surface area contributed by atoms with Crippen molar-refractivity contribution < 1.29 is 23.7 Å². The van der Waals surface area contributed by atoms with E-state index in [1.807, 2.05) is 66.7 Å². The molecule has 2 unspecified atom stereocenters. The normalized spacial score (nSPS) is 22.0. The zero-order chi connectivity index (χ0) is 32.3. The Balaban J connectivity index is 1.87. The molecular weight excluding hydrogens is 572 g/mol. The number of methoxy groups -OCH3 is 4. The van der Waals surface area contributed by atoms with Gasteiger partial charge < -0.3 is 23.7 Å². The van der Waals surface area contributed by atoms with Crippen LogP contribution in [0.4, 0.5) is 0 Å². The van der Waals surface area contributed by atoms with E-state index in [-0.39, 0.29) is 0 Å². The van der Waals surface area contributed by atoms with Crippen LogP contribution in [0.25, 0.3) is 0 Å². The summed E-state index contributed by atoms with van der Waals surface area (Å²) in [7, 11) is 6.66. The van der Waals surface area contributed by atoms with Crippen LogP contribution in [-0.4, -0.2) is 40.2 Å². The van der Waals surface area contributed by atoms with Crippen LogP contribution in [0.3, 0.4) is 0 Å². The summed E-state index contributed by atoms with van der Waals surface area (Å²) in [5.41, 5.74) is 1.17. The number of rotatable bonds is 11. The van der Waals surface area contributed by atoms with Crippen molar-refractivity contribution in [2.45, 2.75) is 41.5 Å². The summed E-state index contributed by atoms with van der Waals surface area (Å²) in [6, 6.07) is 51.5. The first-order chi connectivity index (χ1) is 22.4. The first-order valence-corrected chi connectivity index (χ1v) is 15.6. The van der Waals surface area contributed by atoms with Crippen molar-refractivity contribution in [2.24, 2.45) is 0 Å². The molecule has 46 heavy (non-hydrogen) atoms. The van der Waals surface area contributed by atoms with E-state index < -0.39 is 28.2 Å². The van der Waals surface area contributed by atoms with Crippen LogP contribution in [-0.2, 0) is 46.5 Å². The Bertz CT molecular complexity index is 1650. The molecule has 6 rings (SSSR count). The van der Waals surface area contributed by atoms with Crippen LogP contribution in [0.2, 0.25) is 0 Å². The average Bonchev–Trinajstić information content (AvgIpc) is 3.37. The lowest BCUT2D eigenvalue weighted by atomic mass is 9.53. The highest BCUT2D eigenvalue weighted by atomic mass is 16.9. The van der Waals surface area contributed by atoms with Crippen molar-refractivity contribution in [2.75, 3.05) is 28.4 Å². The minimum atomic E-state index is -1.71. The highest BCUT2D eigenvalue weighted by Crippen LogP contribution is 2.71. The van der Waals surface area contributed by atoms with Crippen LogP contribution < -0.4 is 0 Å². The fraction of sp³-hybridized carbons (Fsp3) is 0.268. The van der Waals surface area contributed by atoms with Crippen LogP contribution >= 0.6 is 0 Å². The molecule has 5 nitrogen and oxygen atoms in total. The van der Waals surface area contributed by atoms with E-state index in [0.717, 1.165) is 27.8 Å². The van der Waals surface area contributed by atoms with Gasteiger partial charge in [0.15, 0.2) is 5.60 Å². The quantitative estimate of drug-likeness (QED) is 0.141. The number of benzene rings is 5. The summed E-state index contributed by atoms with van der Waals surface area (Å²) < 4.78 is 34.9. The number of ether oxygens (including phenoxy) is 5. The van der Waals surface area contributed by atoms with Gasteiger partial charge in [0, 0.05) is 28.4 Å². The highest BCUT2D eigenvalue weighted by Gasteiger charge is 2.87. The Labute approximate surface area is 272 Å². The van der Waals surface area contributed by atoms with Gasteiger partial charge in [-0.05, 0) is 41.2 Å². The Kier molecular flexibility index (Phi) is 8.73. The Hall–Kier alpha value is -4.10. The van der Waals surface area contributed by atoms with Crippen LogP contribution in [0.15, 0.2) is 152 Å². The summed E-state index contributed by atoms with van der Waals surface area (Å²) in [5.74, 6) is -3.29. The van der Waals surface area contributed by atoms with Gasteiger partial charge >= 0.3 is 0 Å². The van der Waals surface area contributed by atoms with E-state index >= 15 is 0 Å². The van der Waals surface area contributed by atoms with Gasteiger partial charge in [-0.25, -0.2) is 0 Å². The second-order valence-corrected chi connectivity index (χ2v) is 11.9. The minimum Gasteiger partial charge on any atom is -0.349 e. The largest absolute Gasteiger partial charge is 0.349 e. The lowest BCUT2D eigenvalue weighted by molar-refractivity contribution is -0.395. The van der Waals surface area contributed by atoms with Gasteiger partial charge in [0.25, 0.3) is 5.97 Å². The van der Waals surface area contributed by atoms with Crippen molar-refractivity contribution in [3.63, 3.8) is 0 Å². The molecule has 1 aliphatic rings. The molecule has 0 radical (unpaired) electrons. The Morgan fingerprint density at radius 1 is 0.500 bits per heavy atom. The summed E-state index contributed by atoms with van der Waals surface area (Å²) in [4.78, 5) is 0. The zero-order valence-corrected chi connectivity index (χ0v) is 27.2. The third-order valence-corrected chi connectivity index (χ3v) is 10.1. The summed E-state index contributed by atoms with van der Waals surface area (Å²) in [6.07, 6.45) is 0.398. The molecule has 0 amide bonds. The molecule has 0 bridgehead atoms. The SMILES string of the molecule is COC1(OC)OC(c2ccccc2)(C(C)(c2ccccc2)c2ccccc2)C(OC)(OC)C1(Cc1ccccc1)c1ccccc1. The Morgan fingerprint density at radius 3 is 1.30 bits per heavy atom. The summed E-state index contributed by atoms with van der Waals surface area (Å²) >= 11 is 0. The van der Waals surface area contributed by atoms with Crippen LogP contribution in [0.1, 0.15) is 34.7 Å². The maximum atomic E-state index is 7.74. The molecule has 1 saturated heterocycles. The first-order valence-electron chi connectivity index (χ1n) is 15.6. The van der Waals surface area contributed by atoms with E-state index in [0.29, 0.717) is 6.42 Å². The van der Waals surface area contributed by atoms with Gasteiger partial charge in [-0.2, -0.15) is 0 Å². The molecule has 236 valence electrons. The molecule has 1 fully saturated rings. The second-order valence-electron chi connectivity index (χ2n) is 11.9. The number of hydrogen-bond acceptors (Lipinski definition) is 5. The first kappa shape index (κ1) is 31.9. The monoisotopic (exact) mass is 614 g/mol. The van der Waals surface area contributed by atoms with Gasteiger partial charge in [0.2, 0.25) is 5.79 Å². The molecule has 0 spiro atoms. The van der Waals surface area contributed by atoms with Crippen molar-refractivity contribution >= 4 is 0 Å². The smallest absolute Gasteiger partial charge is 0.299 e. The van der Waals surface area contributed by atoms with E-state index in [4.69, 9.17) is 23.7 Å². The van der Waals surface area contributed by atoms with E-state index in [2.05, 4.69) is 91.9 Å². The van der Waals surface area contributed by atoms with Crippen molar-refractivity contribution in [3.8, 4) is 0 Å².